The number of alkyl halides is 6. The van der Waals surface area contributed by atoms with Crippen LogP contribution in [0.2, 0.25) is 0 Å². The van der Waals surface area contributed by atoms with E-state index in [4.69, 9.17) is 0 Å². The number of carbonyl (C=O) groups is 1. The van der Waals surface area contributed by atoms with Crippen LogP contribution >= 0.6 is 0 Å². The Kier molecular flexibility index (Phi) is 7.68. The number of aryl methyl sites for hydroxylation is 1. The van der Waals surface area contributed by atoms with Gasteiger partial charge in [-0.2, -0.15) is 26.3 Å². The monoisotopic (exact) mass is 533 g/mol. The second kappa shape index (κ2) is 10.8. The number of aromatic nitrogens is 2. The molecule has 1 aliphatic rings. The third kappa shape index (κ3) is 6.46. The minimum Gasteiger partial charge on any atom is -0.393 e. The zero-order valence-electron chi connectivity index (χ0n) is 19.6. The summed E-state index contributed by atoms with van der Waals surface area (Å²) in [6.45, 7) is 0. The SMILES string of the molecule is O=C(/C=C/C=C(c1ccc(C(F)(F)F)nc1)c1ccc(C(F)(F)F)nc1)Nc1cccc2c1CC(O)CC2. The maximum atomic E-state index is 12.9. The second-order valence-corrected chi connectivity index (χ2v) is 8.63. The molecule has 0 bridgehead atoms. The van der Waals surface area contributed by atoms with Gasteiger partial charge in [0.1, 0.15) is 11.4 Å². The molecule has 1 aromatic carbocycles. The van der Waals surface area contributed by atoms with Gasteiger partial charge in [0.05, 0.1) is 6.10 Å². The molecule has 1 amide bonds. The van der Waals surface area contributed by atoms with E-state index in [-0.39, 0.29) is 16.7 Å². The van der Waals surface area contributed by atoms with Crippen molar-refractivity contribution in [3.05, 3.63) is 107 Å². The van der Waals surface area contributed by atoms with E-state index in [9.17, 15) is 36.2 Å². The van der Waals surface area contributed by atoms with Crippen LogP contribution in [0.1, 0.15) is 40.1 Å². The van der Waals surface area contributed by atoms with Crippen molar-refractivity contribution in [1.82, 2.24) is 9.97 Å². The first-order valence-electron chi connectivity index (χ1n) is 11.5. The fraction of sp³-hybridized carbons (Fsp3) is 0.222. The normalized spacial score (nSPS) is 15.7. The molecule has 0 spiro atoms. The summed E-state index contributed by atoms with van der Waals surface area (Å²) in [7, 11) is 0. The highest BCUT2D eigenvalue weighted by Crippen LogP contribution is 2.32. The van der Waals surface area contributed by atoms with Gasteiger partial charge >= 0.3 is 12.4 Å². The number of aliphatic hydroxyl groups excluding tert-OH is 1. The molecule has 38 heavy (non-hydrogen) atoms. The van der Waals surface area contributed by atoms with E-state index in [1.54, 1.807) is 12.1 Å². The number of carbonyl (C=O) groups excluding carboxylic acids is 1. The lowest BCUT2D eigenvalue weighted by Gasteiger charge is -2.23. The number of benzene rings is 1. The zero-order chi connectivity index (χ0) is 27.5. The van der Waals surface area contributed by atoms with Crippen LogP contribution in [-0.4, -0.2) is 27.1 Å². The number of pyridine rings is 2. The van der Waals surface area contributed by atoms with E-state index >= 15 is 0 Å². The molecule has 4 rings (SSSR count). The predicted molar refractivity (Wildman–Crippen MR) is 128 cm³/mol. The van der Waals surface area contributed by atoms with Gasteiger partial charge in [-0.3, -0.25) is 14.8 Å². The van der Waals surface area contributed by atoms with Gasteiger partial charge in [-0.05, 0) is 47.7 Å². The number of rotatable bonds is 5. The summed E-state index contributed by atoms with van der Waals surface area (Å²) in [6.07, 6.45) is -2.34. The van der Waals surface area contributed by atoms with Crippen molar-refractivity contribution >= 4 is 17.2 Å². The number of anilines is 1. The number of hydrogen-bond donors (Lipinski definition) is 2. The summed E-state index contributed by atoms with van der Waals surface area (Å²) in [5, 5.41) is 12.7. The quantitative estimate of drug-likeness (QED) is 0.240. The van der Waals surface area contributed by atoms with Crippen LogP contribution in [0.4, 0.5) is 32.0 Å². The molecule has 0 aliphatic heterocycles. The Morgan fingerprint density at radius 3 is 2.05 bits per heavy atom. The van der Waals surface area contributed by atoms with Crippen LogP contribution in [-0.2, 0) is 30.0 Å². The Hall–Kier alpha value is -3.99. The first-order chi connectivity index (χ1) is 17.9. The van der Waals surface area contributed by atoms with Crippen molar-refractivity contribution in [3.8, 4) is 0 Å². The Morgan fingerprint density at radius 2 is 1.53 bits per heavy atom. The molecule has 198 valence electrons. The Balaban J connectivity index is 1.61. The summed E-state index contributed by atoms with van der Waals surface area (Å²) in [4.78, 5) is 19.4. The first kappa shape index (κ1) is 27.1. The average molecular weight is 533 g/mol. The Bertz CT molecular complexity index is 1300. The maximum Gasteiger partial charge on any atom is 0.433 e. The van der Waals surface area contributed by atoms with Gasteiger partial charge in [0.15, 0.2) is 0 Å². The molecule has 1 atom stereocenters. The van der Waals surface area contributed by atoms with Gasteiger partial charge in [-0.25, -0.2) is 0 Å². The van der Waals surface area contributed by atoms with E-state index in [1.807, 2.05) is 6.07 Å². The molecule has 2 heterocycles. The number of aliphatic hydroxyl groups is 1. The van der Waals surface area contributed by atoms with E-state index in [1.165, 1.54) is 18.2 Å². The first-order valence-corrected chi connectivity index (χ1v) is 11.5. The predicted octanol–water partition coefficient (Wildman–Crippen LogP) is 5.99. The molecule has 2 N–H and O–H groups in total. The van der Waals surface area contributed by atoms with Gasteiger partial charge < -0.3 is 10.4 Å². The van der Waals surface area contributed by atoms with Crippen molar-refractivity contribution < 1.29 is 36.2 Å². The molecule has 0 radical (unpaired) electrons. The summed E-state index contributed by atoms with van der Waals surface area (Å²) < 4.78 is 77.6. The van der Waals surface area contributed by atoms with Crippen LogP contribution in [0.5, 0.6) is 0 Å². The lowest BCUT2D eigenvalue weighted by atomic mass is 9.88. The highest BCUT2D eigenvalue weighted by Gasteiger charge is 2.33. The Morgan fingerprint density at radius 1 is 0.921 bits per heavy atom. The van der Waals surface area contributed by atoms with Gasteiger partial charge in [0.2, 0.25) is 5.91 Å². The highest BCUT2D eigenvalue weighted by molar-refractivity contribution is 6.00. The maximum absolute atomic E-state index is 12.9. The second-order valence-electron chi connectivity index (χ2n) is 8.63. The van der Waals surface area contributed by atoms with Gasteiger partial charge in [0.25, 0.3) is 0 Å². The molecule has 3 aromatic rings. The minimum absolute atomic E-state index is 0.177. The van der Waals surface area contributed by atoms with Crippen LogP contribution in [0.15, 0.2) is 73.1 Å². The molecule has 11 heteroatoms. The molecule has 0 fully saturated rings. The number of allylic oxidation sites excluding steroid dienone is 2. The van der Waals surface area contributed by atoms with Crippen molar-refractivity contribution in [3.63, 3.8) is 0 Å². The van der Waals surface area contributed by atoms with E-state index in [0.29, 0.717) is 24.9 Å². The summed E-state index contributed by atoms with van der Waals surface area (Å²) >= 11 is 0. The standard InChI is InChI=1S/C27H21F6N3O2/c28-26(29,30)23-11-8-17(14-34-23)20(18-9-12-24(35-15-18)27(31,32)33)4-2-6-25(38)36-22-5-1-3-16-7-10-19(37)13-21(16)22/h1-6,8-9,11-12,14-15,19,37H,7,10,13H2,(H,36,38)/b6-2+. The van der Waals surface area contributed by atoms with E-state index in [0.717, 1.165) is 47.8 Å². The average Bonchev–Trinajstić information content (AvgIpc) is 2.86. The molecular weight excluding hydrogens is 512 g/mol. The number of halogens is 6. The van der Waals surface area contributed by atoms with Crippen molar-refractivity contribution in [2.45, 2.75) is 37.7 Å². The van der Waals surface area contributed by atoms with Gasteiger partial charge in [-0.1, -0.05) is 36.4 Å². The number of hydrogen-bond acceptors (Lipinski definition) is 4. The van der Waals surface area contributed by atoms with Crippen LogP contribution < -0.4 is 5.32 Å². The lowest BCUT2D eigenvalue weighted by molar-refractivity contribution is -0.141. The van der Waals surface area contributed by atoms with Crippen LogP contribution in [0.25, 0.3) is 5.57 Å². The molecule has 0 saturated carbocycles. The summed E-state index contributed by atoms with van der Waals surface area (Å²) in [5.41, 5.74) is 0.733. The lowest BCUT2D eigenvalue weighted by Crippen LogP contribution is -2.21. The number of nitrogens with zero attached hydrogens (tertiary/aromatic N) is 2. The fourth-order valence-electron chi connectivity index (χ4n) is 4.09. The van der Waals surface area contributed by atoms with Gasteiger partial charge in [-0.15, -0.1) is 0 Å². The number of nitrogens with one attached hydrogen (secondary N) is 1. The molecule has 1 aliphatic carbocycles. The number of fused-ring (bicyclic) bond motifs is 1. The van der Waals surface area contributed by atoms with Crippen molar-refractivity contribution in [1.29, 1.82) is 0 Å². The summed E-state index contributed by atoms with van der Waals surface area (Å²) in [6, 6.07) is 9.21. The molecule has 1 unspecified atom stereocenters. The molecule has 5 nitrogen and oxygen atoms in total. The van der Waals surface area contributed by atoms with Crippen molar-refractivity contribution in [2.24, 2.45) is 0 Å². The smallest absolute Gasteiger partial charge is 0.393 e. The third-order valence-electron chi connectivity index (χ3n) is 5.96. The molecule has 2 aromatic heterocycles. The molecule has 0 saturated heterocycles. The number of amides is 1. The minimum atomic E-state index is -4.66. The van der Waals surface area contributed by atoms with Crippen LogP contribution in [0.3, 0.4) is 0 Å². The van der Waals surface area contributed by atoms with Crippen LogP contribution in [0, 0.1) is 0 Å². The largest absolute Gasteiger partial charge is 0.433 e. The fourth-order valence-corrected chi connectivity index (χ4v) is 4.09. The molecular formula is C27H21F6N3O2. The third-order valence-corrected chi connectivity index (χ3v) is 5.96. The highest BCUT2D eigenvalue weighted by atomic mass is 19.4. The van der Waals surface area contributed by atoms with Gasteiger partial charge in [0, 0.05) is 41.7 Å². The van der Waals surface area contributed by atoms with Crippen molar-refractivity contribution in [2.75, 3.05) is 5.32 Å². The van der Waals surface area contributed by atoms with E-state index < -0.39 is 35.8 Å². The Labute approximate surface area is 213 Å². The zero-order valence-corrected chi connectivity index (χ0v) is 19.6. The van der Waals surface area contributed by atoms with E-state index in [2.05, 4.69) is 15.3 Å². The summed E-state index contributed by atoms with van der Waals surface area (Å²) in [5.74, 6) is -0.509. The topological polar surface area (TPSA) is 75.1 Å².